The predicted molar refractivity (Wildman–Crippen MR) is 99.2 cm³/mol. The molecule has 0 atom stereocenters. The summed E-state index contributed by atoms with van der Waals surface area (Å²) in [4.78, 5) is 14.5. The monoisotopic (exact) mass is 367 g/mol. The van der Waals surface area contributed by atoms with Crippen molar-refractivity contribution in [2.24, 2.45) is 0 Å². The van der Waals surface area contributed by atoms with Crippen LogP contribution in [-0.2, 0) is 11.3 Å². The van der Waals surface area contributed by atoms with Crippen molar-refractivity contribution in [3.8, 4) is 0 Å². The lowest BCUT2D eigenvalue weighted by Gasteiger charge is -2.26. The number of nitrogens with zero attached hydrogens (tertiary/aromatic N) is 3. The van der Waals surface area contributed by atoms with Crippen LogP contribution in [0, 0.1) is 0 Å². The zero-order chi connectivity index (χ0) is 16.7. The van der Waals surface area contributed by atoms with Gasteiger partial charge in [-0.1, -0.05) is 72.1 Å². The molecule has 1 amide bonds. The highest BCUT2D eigenvalue weighted by molar-refractivity contribution is 8.03. The molecule has 0 aliphatic carbocycles. The number of hydrogen-bond donors (Lipinski definition) is 0. The second kappa shape index (κ2) is 9.30. The fourth-order valence-electron chi connectivity index (χ4n) is 1.98. The molecule has 0 N–H and O–H groups in total. The molecule has 1 aromatic carbocycles. The van der Waals surface area contributed by atoms with Gasteiger partial charge in [-0.3, -0.25) is 4.79 Å². The first-order chi connectivity index (χ1) is 11.1. The Bertz CT molecular complexity index is 616. The van der Waals surface area contributed by atoms with Gasteiger partial charge in [-0.05, 0) is 25.2 Å². The van der Waals surface area contributed by atoms with E-state index in [1.165, 1.54) is 11.8 Å². The number of carbonyl (C=O) groups excluding carboxylic acids is 1. The number of hydrogen-bond acceptors (Lipinski definition) is 6. The zero-order valence-electron chi connectivity index (χ0n) is 13.6. The lowest BCUT2D eigenvalue weighted by atomic mass is 10.2. The molecule has 1 heterocycles. The van der Waals surface area contributed by atoms with Crippen molar-refractivity contribution in [3.05, 3.63) is 35.9 Å². The van der Waals surface area contributed by atoms with Crippen molar-refractivity contribution in [2.45, 2.75) is 42.0 Å². The summed E-state index contributed by atoms with van der Waals surface area (Å²) >= 11 is 4.71. The molecule has 2 aromatic rings. The molecule has 4 nitrogen and oxygen atoms in total. The third-order valence-electron chi connectivity index (χ3n) is 3.11. The van der Waals surface area contributed by atoms with Gasteiger partial charge < -0.3 is 4.90 Å². The maximum absolute atomic E-state index is 12.6. The Balaban J connectivity index is 1.92. The van der Waals surface area contributed by atoms with Crippen LogP contribution in [0.15, 0.2) is 39.0 Å². The molecular weight excluding hydrogens is 346 g/mol. The van der Waals surface area contributed by atoms with E-state index in [9.17, 15) is 4.79 Å². The number of amides is 1. The topological polar surface area (TPSA) is 46.1 Å². The van der Waals surface area contributed by atoms with Crippen LogP contribution in [0.1, 0.15) is 26.3 Å². The Morgan fingerprint density at radius 3 is 2.43 bits per heavy atom. The number of aromatic nitrogens is 2. The summed E-state index contributed by atoms with van der Waals surface area (Å²) in [6.45, 7) is 6.83. The van der Waals surface area contributed by atoms with Crippen molar-refractivity contribution in [1.82, 2.24) is 15.1 Å². The normalized spacial score (nSPS) is 11.0. The van der Waals surface area contributed by atoms with Crippen LogP contribution >= 0.6 is 34.9 Å². The third kappa shape index (κ3) is 5.82. The summed E-state index contributed by atoms with van der Waals surface area (Å²) in [6, 6.07) is 10.3. The van der Waals surface area contributed by atoms with Crippen molar-refractivity contribution >= 4 is 40.8 Å². The first-order valence-corrected chi connectivity index (χ1v) is 10.3. The average Bonchev–Trinajstić information content (AvgIpc) is 2.99. The highest BCUT2D eigenvalue weighted by Gasteiger charge is 2.18. The third-order valence-corrected chi connectivity index (χ3v) is 6.17. The molecule has 0 spiro atoms. The summed E-state index contributed by atoms with van der Waals surface area (Å²) in [5, 5.41) is 8.25. The molecule has 7 heteroatoms. The van der Waals surface area contributed by atoms with Crippen LogP contribution in [0.2, 0.25) is 0 Å². The molecule has 0 fully saturated rings. The van der Waals surface area contributed by atoms with Crippen LogP contribution < -0.4 is 0 Å². The Morgan fingerprint density at radius 2 is 1.83 bits per heavy atom. The minimum atomic E-state index is 0.133. The molecule has 1 aromatic heterocycles. The van der Waals surface area contributed by atoms with E-state index in [-0.39, 0.29) is 11.9 Å². The minimum Gasteiger partial charge on any atom is -0.335 e. The van der Waals surface area contributed by atoms with Gasteiger partial charge in [0.25, 0.3) is 0 Å². The average molecular weight is 368 g/mol. The molecular formula is C16H21N3OS3. The van der Waals surface area contributed by atoms with Gasteiger partial charge in [0.1, 0.15) is 0 Å². The Morgan fingerprint density at radius 1 is 1.17 bits per heavy atom. The Hall–Kier alpha value is -1.05. The van der Waals surface area contributed by atoms with Gasteiger partial charge in [-0.25, -0.2) is 0 Å². The first-order valence-electron chi connectivity index (χ1n) is 7.52. The number of carbonyl (C=O) groups is 1. The molecule has 0 aliphatic rings. The van der Waals surface area contributed by atoms with Crippen LogP contribution in [0.25, 0.3) is 0 Å². The second-order valence-corrected chi connectivity index (χ2v) is 8.87. The van der Waals surface area contributed by atoms with Crippen molar-refractivity contribution < 1.29 is 4.79 Å². The van der Waals surface area contributed by atoms with Crippen molar-refractivity contribution in [2.75, 3.05) is 11.5 Å². The van der Waals surface area contributed by atoms with E-state index in [1.54, 1.807) is 23.1 Å². The van der Waals surface area contributed by atoms with E-state index in [2.05, 4.69) is 29.3 Å². The summed E-state index contributed by atoms with van der Waals surface area (Å²) in [5.74, 6) is 1.51. The summed E-state index contributed by atoms with van der Waals surface area (Å²) in [7, 11) is 0. The van der Waals surface area contributed by atoms with Gasteiger partial charge in [0.05, 0.1) is 5.75 Å². The van der Waals surface area contributed by atoms with Crippen molar-refractivity contribution in [1.29, 1.82) is 0 Å². The van der Waals surface area contributed by atoms with E-state index in [4.69, 9.17) is 0 Å². The Labute approximate surface area is 150 Å². The predicted octanol–water partition coefficient (Wildman–Crippen LogP) is 4.18. The SMILES string of the molecule is CCSc1nnc(SCC(=O)N(Cc2ccccc2)C(C)C)s1. The summed E-state index contributed by atoms with van der Waals surface area (Å²) < 4.78 is 1.82. The highest BCUT2D eigenvalue weighted by Crippen LogP contribution is 2.28. The number of thioether (sulfide) groups is 2. The van der Waals surface area contributed by atoms with Gasteiger partial charge in [0.2, 0.25) is 5.91 Å². The maximum Gasteiger partial charge on any atom is 0.233 e. The summed E-state index contributed by atoms with van der Waals surface area (Å²) in [6.07, 6.45) is 0. The molecule has 2 rings (SSSR count). The molecule has 0 aliphatic heterocycles. The molecule has 0 unspecified atom stereocenters. The molecule has 0 saturated heterocycles. The molecule has 23 heavy (non-hydrogen) atoms. The highest BCUT2D eigenvalue weighted by atomic mass is 32.2. The standard InChI is InChI=1S/C16H21N3OS3/c1-4-21-15-17-18-16(23-15)22-11-14(20)19(12(2)3)10-13-8-6-5-7-9-13/h5-9,12H,4,10-11H2,1-3H3. The molecule has 124 valence electrons. The van der Waals surface area contributed by atoms with E-state index in [0.717, 1.165) is 20.0 Å². The zero-order valence-corrected chi connectivity index (χ0v) is 16.0. The van der Waals surface area contributed by atoms with Crippen molar-refractivity contribution in [3.63, 3.8) is 0 Å². The molecule has 0 saturated carbocycles. The first kappa shape index (κ1) is 18.3. The fourth-order valence-corrected chi connectivity index (χ4v) is 4.79. The number of benzene rings is 1. The van der Waals surface area contributed by atoms with E-state index in [0.29, 0.717) is 12.3 Å². The second-order valence-electron chi connectivity index (χ2n) is 5.16. The lowest BCUT2D eigenvalue weighted by molar-refractivity contribution is -0.130. The summed E-state index contributed by atoms with van der Waals surface area (Å²) in [5.41, 5.74) is 1.15. The smallest absolute Gasteiger partial charge is 0.233 e. The lowest BCUT2D eigenvalue weighted by Crippen LogP contribution is -2.37. The van der Waals surface area contributed by atoms with Gasteiger partial charge in [-0.15, -0.1) is 10.2 Å². The maximum atomic E-state index is 12.6. The van der Waals surface area contributed by atoms with E-state index < -0.39 is 0 Å². The van der Waals surface area contributed by atoms with Crippen LogP contribution in [0.5, 0.6) is 0 Å². The molecule has 0 bridgehead atoms. The quantitative estimate of drug-likeness (QED) is 0.655. The van der Waals surface area contributed by atoms with Gasteiger partial charge >= 0.3 is 0 Å². The van der Waals surface area contributed by atoms with Crippen LogP contribution in [0.3, 0.4) is 0 Å². The van der Waals surface area contributed by atoms with Crippen LogP contribution in [-0.4, -0.2) is 38.6 Å². The number of rotatable bonds is 8. The van der Waals surface area contributed by atoms with Gasteiger partial charge in [0, 0.05) is 12.6 Å². The fraction of sp³-hybridized carbons (Fsp3) is 0.438. The largest absolute Gasteiger partial charge is 0.335 e. The Kier molecular flexibility index (Phi) is 7.39. The minimum absolute atomic E-state index is 0.133. The van der Waals surface area contributed by atoms with Crippen LogP contribution in [0.4, 0.5) is 0 Å². The molecule has 0 radical (unpaired) electrons. The van der Waals surface area contributed by atoms with Gasteiger partial charge in [0.15, 0.2) is 8.68 Å². The van der Waals surface area contributed by atoms with E-state index >= 15 is 0 Å². The van der Waals surface area contributed by atoms with Gasteiger partial charge in [-0.2, -0.15) is 0 Å². The van der Waals surface area contributed by atoms with E-state index in [1.807, 2.05) is 36.9 Å².